The molecule has 0 unspecified atom stereocenters. The van der Waals surface area contributed by atoms with Crippen molar-refractivity contribution in [2.24, 2.45) is 0 Å². The lowest BCUT2D eigenvalue weighted by Crippen LogP contribution is -2.25. The van der Waals surface area contributed by atoms with E-state index in [1.165, 1.54) is 0 Å². The van der Waals surface area contributed by atoms with Gasteiger partial charge in [-0.05, 0) is 32.5 Å². The van der Waals surface area contributed by atoms with Crippen LogP contribution in [0.1, 0.15) is 12.8 Å². The van der Waals surface area contributed by atoms with E-state index in [9.17, 15) is 0 Å². The predicted molar refractivity (Wildman–Crippen MR) is 59.5 cm³/mol. The molecule has 2 nitrogen and oxygen atoms in total. The second-order valence-corrected chi connectivity index (χ2v) is 8.54. The highest BCUT2D eigenvalue weighted by Gasteiger charge is 2.12. The fourth-order valence-corrected chi connectivity index (χ4v) is 1.61. The SMILES string of the molecule is C=CCOCCCCO[Si](C)(C)C. The molecule has 0 rings (SSSR count). The van der Waals surface area contributed by atoms with Crippen LogP contribution in [-0.4, -0.2) is 28.1 Å². The van der Waals surface area contributed by atoms with Gasteiger partial charge in [0.1, 0.15) is 0 Å². The monoisotopic (exact) mass is 202 g/mol. The Balaban J connectivity index is 3.04. The van der Waals surface area contributed by atoms with Gasteiger partial charge < -0.3 is 9.16 Å². The molecule has 0 atom stereocenters. The van der Waals surface area contributed by atoms with E-state index in [2.05, 4.69) is 26.2 Å². The summed E-state index contributed by atoms with van der Waals surface area (Å²) in [4.78, 5) is 0. The van der Waals surface area contributed by atoms with Crippen LogP contribution in [0.3, 0.4) is 0 Å². The molecule has 0 aliphatic rings. The van der Waals surface area contributed by atoms with E-state index in [0.717, 1.165) is 26.1 Å². The summed E-state index contributed by atoms with van der Waals surface area (Å²) in [5.41, 5.74) is 0. The van der Waals surface area contributed by atoms with E-state index in [1.54, 1.807) is 6.08 Å². The fraction of sp³-hybridized carbons (Fsp3) is 0.800. The molecule has 0 aromatic carbocycles. The molecule has 3 heteroatoms. The van der Waals surface area contributed by atoms with E-state index < -0.39 is 8.32 Å². The molecule has 0 saturated heterocycles. The Morgan fingerprint density at radius 3 is 2.31 bits per heavy atom. The second kappa shape index (κ2) is 7.30. The van der Waals surface area contributed by atoms with Crippen LogP contribution in [0.5, 0.6) is 0 Å². The van der Waals surface area contributed by atoms with Gasteiger partial charge in [0.2, 0.25) is 0 Å². The Kier molecular flexibility index (Phi) is 7.23. The van der Waals surface area contributed by atoms with Crippen molar-refractivity contribution < 1.29 is 9.16 Å². The summed E-state index contributed by atoms with van der Waals surface area (Å²) < 4.78 is 11.0. The molecular weight excluding hydrogens is 180 g/mol. The highest BCUT2D eigenvalue weighted by atomic mass is 28.4. The van der Waals surface area contributed by atoms with Gasteiger partial charge in [-0.3, -0.25) is 0 Å². The Bertz CT molecular complexity index is 129. The van der Waals surface area contributed by atoms with Crippen LogP contribution in [0, 0.1) is 0 Å². The van der Waals surface area contributed by atoms with Gasteiger partial charge in [0.05, 0.1) is 6.61 Å². The van der Waals surface area contributed by atoms with E-state index >= 15 is 0 Å². The number of ether oxygens (including phenoxy) is 1. The highest BCUT2D eigenvalue weighted by Crippen LogP contribution is 2.03. The van der Waals surface area contributed by atoms with Crippen LogP contribution >= 0.6 is 0 Å². The van der Waals surface area contributed by atoms with Crippen molar-refractivity contribution in [3.05, 3.63) is 12.7 Å². The average Bonchev–Trinajstić information content (AvgIpc) is 2.01. The molecule has 0 aromatic rings. The summed E-state index contributed by atoms with van der Waals surface area (Å²) in [6.07, 6.45) is 3.96. The van der Waals surface area contributed by atoms with E-state index in [4.69, 9.17) is 9.16 Å². The number of unbranched alkanes of at least 4 members (excludes halogenated alkanes) is 1. The van der Waals surface area contributed by atoms with Crippen LogP contribution in [0.15, 0.2) is 12.7 Å². The van der Waals surface area contributed by atoms with Crippen LogP contribution < -0.4 is 0 Å². The van der Waals surface area contributed by atoms with E-state index in [-0.39, 0.29) is 0 Å². The van der Waals surface area contributed by atoms with Crippen molar-refractivity contribution in [2.45, 2.75) is 32.5 Å². The molecule has 78 valence electrons. The molecule has 0 bridgehead atoms. The van der Waals surface area contributed by atoms with Gasteiger partial charge in [-0.15, -0.1) is 6.58 Å². The van der Waals surface area contributed by atoms with E-state index in [1.807, 2.05) is 0 Å². The molecule has 0 fully saturated rings. The molecule has 0 saturated carbocycles. The summed E-state index contributed by atoms with van der Waals surface area (Å²) >= 11 is 0. The van der Waals surface area contributed by atoms with Crippen molar-refractivity contribution in [1.82, 2.24) is 0 Å². The lowest BCUT2D eigenvalue weighted by Gasteiger charge is -2.16. The first-order valence-corrected chi connectivity index (χ1v) is 8.29. The Hall–Kier alpha value is -0.123. The number of rotatable bonds is 8. The topological polar surface area (TPSA) is 18.5 Å². The molecule has 0 heterocycles. The molecular formula is C10H22O2Si. The maximum Gasteiger partial charge on any atom is 0.183 e. The van der Waals surface area contributed by atoms with Gasteiger partial charge in [-0.25, -0.2) is 0 Å². The zero-order chi connectivity index (χ0) is 10.2. The van der Waals surface area contributed by atoms with Crippen molar-refractivity contribution in [2.75, 3.05) is 19.8 Å². The zero-order valence-corrected chi connectivity index (χ0v) is 10.1. The minimum absolute atomic E-state index is 0.662. The van der Waals surface area contributed by atoms with Crippen LogP contribution in [0.25, 0.3) is 0 Å². The Morgan fingerprint density at radius 1 is 1.15 bits per heavy atom. The van der Waals surface area contributed by atoms with Crippen molar-refractivity contribution in [1.29, 1.82) is 0 Å². The summed E-state index contributed by atoms with van der Waals surface area (Å²) in [5.74, 6) is 0. The third-order valence-corrected chi connectivity index (χ3v) is 2.52. The minimum Gasteiger partial charge on any atom is -0.418 e. The molecule has 13 heavy (non-hydrogen) atoms. The smallest absolute Gasteiger partial charge is 0.183 e. The molecule has 0 aliphatic heterocycles. The number of hydrogen-bond donors (Lipinski definition) is 0. The fourth-order valence-electron chi connectivity index (χ4n) is 0.851. The van der Waals surface area contributed by atoms with Crippen LogP contribution in [-0.2, 0) is 9.16 Å². The lowest BCUT2D eigenvalue weighted by molar-refractivity contribution is 0.152. The van der Waals surface area contributed by atoms with Gasteiger partial charge in [-0.2, -0.15) is 0 Å². The van der Waals surface area contributed by atoms with Gasteiger partial charge in [-0.1, -0.05) is 6.08 Å². The van der Waals surface area contributed by atoms with Crippen LogP contribution in [0.4, 0.5) is 0 Å². The third-order valence-electron chi connectivity index (χ3n) is 1.45. The zero-order valence-electron chi connectivity index (χ0n) is 9.14. The normalized spacial score (nSPS) is 11.6. The van der Waals surface area contributed by atoms with Gasteiger partial charge in [0, 0.05) is 13.2 Å². The van der Waals surface area contributed by atoms with Crippen molar-refractivity contribution >= 4 is 8.32 Å². The molecule has 0 N–H and O–H groups in total. The first-order valence-electron chi connectivity index (χ1n) is 4.89. The maximum absolute atomic E-state index is 5.70. The third kappa shape index (κ3) is 11.9. The highest BCUT2D eigenvalue weighted by molar-refractivity contribution is 6.69. The summed E-state index contributed by atoms with van der Waals surface area (Å²) in [7, 11) is -1.29. The molecule has 0 aliphatic carbocycles. The molecule has 0 radical (unpaired) electrons. The van der Waals surface area contributed by atoms with Gasteiger partial charge in [0.25, 0.3) is 0 Å². The first-order chi connectivity index (χ1) is 6.06. The van der Waals surface area contributed by atoms with E-state index in [0.29, 0.717) is 6.61 Å². The summed E-state index contributed by atoms with van der Waals surface area (Å²) in [6.45, 7) is 12.6. The quantitative estimate of drug-likeness (QED) is 0.342. The Labute approximate surface area is 83.1 Å². The lowest BCUT2D eigenvalue weighted by atomic mass is 10.3. The number of hydrogen-bond acceptors (Lipinski definition) is 2. The maximum atomic E-state index is 5.70. The summed E-state index contributed by atoms with van der Waals surface area (Å²) in [5, 5.41) is 0. The molecule has 0 spiro atoms. The molecule has 0 amide bonds. The second-order valence-electron chi connectivity index (χ2n) is 4.03. The standard InChI is InChI=1S/C10H22O2Si/c1-5-8-11-9-6-7-10-12-13(2,3)4/h5H,1,6-10H2,2-4H3. The summed E-state index contributed by atoms with van der Waals surface area (Å²) in [6, 6.07) is 0. The minimum atomic E-state index is -1.29. The van der Waals surface area contributed by atoms with Crippen molar-refractivity contribution in [3.63, 3.8) is 0 Å². The van der Waals surface area contributed by atoms with Gasteiger partial charge >= 0.3 is 0 Å². The molecule has 0 aromatic heterocycles. The average molecular weight is 202 g/mol. The van der Waals surface area contributed by atoms with Crippen molar-refractivity contribution in [3.8, 4) is 0 Å². The largest absolute Gasteiger partial charge is 0.418 e. The van der Waals surface area contributed by atoms with Crippen LogP contribution in [0.2, 0.25) is 19.6 Å². The Morgan fingerprint density at radius 2 is 1.77 bits per heavy atom. The first kappa shape index (κ1) is 12.9. The predicted octanol–water partition coefficient (Wildman–Crippen LogP) is 2.82. The van der Waals surface area contributed by atoms with Gasteiger partial charge in [0.15, 0.2) is 8.32 Å².